The summed E-state index contributed by atoms with van der Waals surface area (Å²) in [4.78, 5) is 21.1. The molecule has 0 spiro atoms. The van der Waals surface area contributed by atoms with Gasteiger partial charge in [0.15, 0.2) is 11.5 Å². The molecule has 4 aromatic rings. The van der Waals surface area contributed by atoms with Crippen LogP contribution in [0.4, 0.5) is 17.6 Å². The minimum atomic E-state index is -0.201. The molecule has 0 aliphatic carbocycles. The minimum Gasteiger partial charge on any atom is -0.493 e. The molecule has 3 N–H and O–H groups in total. The van der Waals surface area contributed by atoms with E-state index in [-0.39, 0.29) is 18.8 Å². The molecular formula is C29H37N7O5S. The lowest BCUT2D eigenvalue weighted by molar-refractivity contribution is 0.0797. The number of hydrogen-bond acceptors (Lipinski definition) is 12. The molecule has 6 rings (SSSR count). The van der Waals surface area contributed by atoms with E-state index in [0.29, 0.717) is 34.8 Å². The van der Waals surface area contributed by atoms with Crippen LogP contribution >= 0.6 is 11.3 Å². The molecule has 5 heterocycles. The molecule has 1 aromatic carbocycles. The maximum Gasteiger partial charge on any atom is 0.229 e. The Kier molecular flexibility index (Phi) is 8.34. The lowest BCUT2D eigenvalue weighted by Gasteiger charge is -2.28. The van der Waals surface area contributed by atoms with Crippen LogP contribution in [0.3, 0.4) is 0 Å². The molecule has 224 valence electrons. The average Bonchev–Trinajstić information content (AvgIpc) is 3.77. The highest BCUT2D eigenvalue weighted by Gasteiger charge is 2.28. The van der Waals surface area contributed by atoms with Gasteiger partial charge in [-0.25, -0.2) is 9.97 Å². The van der Waals surface area contributed by atoms with Crippen molar-refractivity contribution in [1.29, 1.82) is 0 Å². The number of ether oxygens (including phenoxy) is 3. The summed E-state index contributed by atoms with van der Waals surface area (Å²) in [5.41, 5.74) is 0.797. The van der Waals surface area contributed by atoms with Crippen LogP contribution in [-0.4, -0.2) is 94.3 Å². The van der Waals surface area contributed by atoms with E-state index in [9.17, 15) is 10.2 Å². The number of nitrogens with one attached hydrogen (secondary N) is 1. The highest BCUT2D eigenvalue weighted by atomic mass is 32.1. The van der Waals surface area contributed by atoms with E-state index >= 15 is 0 Å². The minimum absolute atomic E-state index is 0.00810. The number of fused-ring (bicyclic) bond motifs is 1. The van der Waals surface area contributed by atoms with Crippen LogP contribution in [0.25, 0.3) is 15.9 Å². The van der Waals surface area contributed by atoms with Gasteiger partial charge in [-0.15, -0.1) is 11.3 Å². The first-order chi connectivity index (χ1) is 20.5. The van der Waals surface area contributed by atoms with Crippen molar-refractivity contribution in [3.63, 3.8) is 0 Å². The van der Waals surface area contributed by atoms with E-state index in [2.05, 4.69) is 26.2 Å². The fraction of sp³-hybridized carbons (Fsp3) is 0.483. The Morgan fingerprint density at radius 2 is 1.76 bits per heavy atom. The first kappa shape index (κ1) is 28.5. The number of nitrogens with zero attached hydrogens (tertiary/aromatic N) is 6. The van der Waals surface area contributed by atoms with Gasteiger partial charge >= 0.3 is 0 Å². The third kappa shape index (κ3) is 5.69. The smallest absolute Gasteiger partial charge is 0.229 e. The van der Waals surface area contributed by atoms with E-state index in [0.717, 1.165) is 67.8 Å². The molecule has 0 radical (unpaired) electrons. The van der Waals surface area contributed by atoms with E-state index in [1.165, 1.54) is 4.88 Å². The van der Waals surface area contributed by atoms with Gasteiger partial charge in [-0.3, -0.25) is 4.90 Å². The topological polar surface area (TPSA) is 130 Å². The third-order valence-corrected chi connectivity index (χ3v) is 9.00. The number of piperidine rings is 1. The fourth-order valence-electron chi connectivity index (χ4n) is 5.71. The standard InChI is InChI=1S/C29H37N7O5S/c1-39-23-11-19(12-24(40-2)26(23)41-3)35-15-25(30-17-35)31-27-22-13-21(14-34-9-6-20(38)7-10-34)42-28(22)33-29(32-27)36-8-4-5-18(36)16-37/h11-13,15,17-18,20,37-38H,4-10,14,16H2,1-3H3,(H,31,32,33)/t18-/m0/s1. The number of anilines is 3. The van der Waals surface area contributed by atoms with Crippen molar-refractivity contribution < 1.29 is 24.4 Å². The largest absolute Gasteiger partial charge is 0.493 e. The normalized spacial score (nSPS) is 18.1. The zero-order chi connectivity index (χ0) is 29.2. The lowest BCUT2D eigenvalue weighted by atomic mass is 10.1. The number of aliphatic hydroxyl groups excluding tert-OH is 2. The van der Waals surface area contributed by atoms with Gasteiger partial charge in [0.2, 0.25) is 11.7 Å². The molecule has 2 saturated heterocycles. The van der Waals surface area contributed by atoms with Crippen molar-refractivity contribution in [3.05, 3.63) is 35.6 Å². The molecule has 3 aromatic heterocycles. The van der Waals surface area contributed by atoms with Crippen molar-refractivity contribution in [2.45, 2.75) is 44.4 Å². The third-order valence-electron chi connectivity index (χ3n) is 7.99. The number of hydrogen-bond donors (Lipinski definition) is 3. The molecule has 13 heteroatoms. The Labute approximate surface area is 248 Å². The van der Waals surface area contributed by atoms with Gasteiger partial charge in [-0.2, -0.15) is 4.98 Å². The fourth-order valence-corrected chi connectivity index (χ4v) is 6.78. The Morgan fingerprint density at radius 3 is 2.45 bits per heavy atom. The van der Waals surface area contributed by atoms with Gasteiger partial charge in [0, 0.05) is 43.2 Å². The van der Waals surface area contributed by atoms with Crippen molar-refractivity contribution in [3.8, 4) is 22.9 Å². The highest BCUT2D eigenvalue weighted by molar-refractivity contribution is 7.18. The van der Waals surface area contributed by atoms with Crippen LogP contribution in [0.15, 0.2) is 30.7 Å². The van der Waals surface area contributed by atoms with Gasteiger partial charge in [0.25, 0.3) is 0 Å². The molecular weight excluding hydrogens is 558 g/mol. The second kappa shape index (κ2) is 12.3. The van der Waals surface area contributed by atoms with Crippen LogP contribution in [0.2, 0.25) is 0 Å². The lowest BCUT2D eigenvalue weighted by Crippen LogP contribution is -2.35. The van der Waals surface area contributed by atoms with Crippen molar-refractivity contribution in [2.75, 3.05) is 57.8 Å². The van der Waals surface area contributed by atoms with Crippen LogP contribution in [-0.2, 0) is 6.54 Å². The van der Waals surface area contributed by atoms with Crippen LogP contribution in [0.5, 0.6) is 17.2 Å². The summed E-state index contributed by atoms with van der Waals surface area (Å²) in [6.07, 6.45) is 6.90. The Balaban J connectivity index is 1.33. The molecule has 0 saturated carbocycles. The summed E-state index contributed by atoms with van der Waals surface area (Å²) >= 11 is 1.66. The van der Waals surface area contributed by atoms with E-state index in [1.54, 1.807) is 39.0 Å². The number of thiophene rings is 1. The predicted octanol–water partition coefficient (Wildman–Crippen LogP) is 3.56. The summed E-state index contributed by atoms with van der Waals surface area (Å²) in [6, 6.07) is 5.89. The predicted molar refractivity (Wildman–Crippen MR) is 162 cm³/mol. The first-order valence-corrected chi connectivity index (χ1v) is 15.0. The summed E-state index contributed by atoms with van der Waals surface area (Å²) in [7, 11) is 4.75. The van der Waals surface area contributed by atoms with Gasteiger partial charge < -0.3 is 39.2 Å². The van der Waals surface area contributed by atoms with Gasteiger partial charge in [0.05, 0.1) is 57.4 Å². The number of aliphatic hydroxyl groups is 2. The summed E-state index contributed by atoms with van der Waals surface area (Å²) in [6.45, 7) is 3.44. The van der Waals surface area contributed by atoms with Crippen LogP contribution in [0.1, 0.15) is 30.6 Å². The molecule has 0 unspecified atom stereocenters. The molecule has 2 aliphatic heterocycles. The Morgan fingerprint density at radius 1 is 1.00 bits per heavy atom. The first-order valence-electron chi connectivity index (χ1n) is 14.2. The van der Waals surface area contributed by atoms with E-state index in [4.69, 9.17) is 24.2 Å². The zero-order valence-corrected chi connectivity index (χ0v) is 24.9. The Hall–Kier alpha value is -3.65. The van der Waals surface area contributed by atoms with Crippen LogP contribution in [0, 0.1) is 0 Å². The zero-order valence-electron chi connectivity index (χ0n) is 24.1. The maximum atomic E-state index is 9.97. The number of aromatic nitrogens is 4. The molecule has 2 fully saturated rings. The van der Waals surface area contributed by atoms with Gasteiger partial charge in [-0.05, 0) is 31.7 Å². The molecule has 12 nitrogen and oxygen atoms in total. The van der Waals surface area contributed by atoms with Crippen molar-refractivity contribution >= 4 is 39.1 Å². The molecule has 2 aliphatic rings. The number of imidazole rings is 1. The average molecular weight is 596 g/mol. The van der Waals surface area contributed by atoms with Crippen LogP contribution < -0.4 is 24.4 Å². The number of benzene rings is 1. The molecule has 0 bridgehead atoms. The second-order valence-corrected chi connectivity index (χ2v) is 11.8. The number of likely N-dealkylation sites (tertiary alicyclic amines) is 1. The highest BCUT2D eigenvalue weighted by Crippen LogP contribution is 2.40. The Bertz CT molecular complexity index is 1510. The summed E-state index contributed by atoms with van der Waals surface area (Å²) < 4.78 is 18.4. The maximum absolute atomic E-state index is 9.97. The SMILES string of the molecule is COc1cc(-n2cnc(Nc3nc(N4CCC[C@H]4CO)nc4sc(CN5CCC(O)CC5)cc34)c2)cc(OC)c1OC. The summed E-state index contributed by atoms with van der Waals surface area (Å²) in [5, 5.41) is 24.2. The van der Waals surface area contributed by atoms with Gasteiger partial charge in [-0.1, -0.05) is 0 Å². The molecule has 0 amide bonds. The summed E-state index contributed by atoms with van der Waals surface area (Å²) in [5.74, 6) is 3.53. The monoisotopic (exact) mass is 595 g/mol. The van der Waals surface area contributed by atoms with Crippen molar-refractivity contribution in [1.82, 2.24) is 24.4 Å². The second-order valence-electron chi connectivity index (χ2n) is 10.7. The van der Waals surface area contributed by atoms with Crippen molar-refractivity contribution in [2.24, 2.45) is 0 Å². The van der Waals surface area contributed by atoms with E-state index in [1.807, 2.05) is 22.9 Å². The van der Waals surface area contributed by atoms with Gasteiger partial charge in [0.1, 0.15) is 22.8 Å². The quantitative estimate of drug-likeness (QED) is 0.249. The number of rotatable bonds is 10. The molecule has 1 atom stereocenters. The number of methoxy groups -OCH3 is 3. The van der Waals surface area contributed by atoms with E-state index < -0.39 is 0 Å². The molecule has 42 heavy (non-hydrogen) atoms.